The maximum Gasteiger partial charge on any atom is 0.0951 e. The third kappa shape index (κ3) is 1.55. The van der Waals surface area contributed by atoms with Crippen LogP contribution in [0.1, 0.15) is 37.5 Å². The standard InChI is InChI=1S/C10H17N3O/c1-7-2-8(3-7)13-6-12-4-10(13)9(11)5-14/h4,6-9,14H,2-3,5,11H2,1H3. The highest BCUT2D eigenvalue weighted by molar-refractivity contribution is 5.07. The number of rotatable bonds is 3. The van der Waals surface area contributed by atoms with Crippen molar-refractivity contribution in [1.82, 2.24) is 9.55 Å². The first-order valence-electron chi connectivity index (χ1n) is 5.10. The summed E-state index contributed by atoms with van der Waals surface area (Å²) in [4.78, 5) is 4.09. The summed E-state index contributed by atoms with van der Waals surface area (Å²) in [5.74, 6) is 0.806. The van der Waals surface area contributed by atoms with Crippen molar-refractivity contribution in [3.8, 4) is 0 Å². The van der Waals surface area contributed by atoms with Crippen molar-refractivity contribution in [2.75, 3.05) is 6.61 Å². The van der Waals surface area contributed by atoms with Crippen molar-refractivity contribution < 1.29 is 5.11 Å². The highest BCUT2D eigenvalue weighted by Crippen LogP contribution is 2.38. The number of hydrogen-bond acceptors (Lipinski definition) is 3. The zero-order chi connectivity index (χ0) is 10.1. The topological polar surface area (TPSA) is 64.1 Å². The first-order valence-corrected chi connectivity index (χ1v) is 5.10. The molecule has 4 heteroatoms. The molecular weight excluding hydrogens is 178 g/mol. The molecule has 14 heavy (non-hydrogen) atoms. The van der Waals surface area contributed by atoms with Crippen LogP contribution in [0.5, 0.6) is 0 Å². The Morgan fingerprint density at radius 2 is 2.43 bits per heavy atom. The predicted octanol–water partition coefficient (Wildman–Crippen LogP) is 0.846. The van der Waals surface area contributed by atoms with E-state index in [2.05, 4.69) is 16.5 Å². The molecule has 0 radical (unpaired) electrons. The molecule has 1 aromatic rings. The molecule has 1 atom stereocenters. The maximum atomic E-state index is 8.99. The molecule has 1 aliphatic carbocycles. The van der Waals surface area contributed by atoms with Crippen LogP contribution in [0.25, 0.3) is 0 Å². The fraction of sp³-hybridized carbons (Fsp3) is 0.700. The van der Waals surface area contributed by atoms with Gasteiger partial charge in [0.05, 0.1) is 24.7 Å². The van der Waals surface area contributed by atoms with E-state index in [1.807, 2.05) is 6.33 Å². The van der Waals surface area contributed by atoms with Crippen LogP contribution in [0.3, 0.4) is 0 Å². The molecule has 3 N–H and O–H groups in total. The molecule has 1 aromatic heterocycles. The number of nitrogens with two attached hydrogens (primary N) is 1. The van der Waals surface area contributed by atoms with E-state index in [4.69, 9.17) is 10.8 Å². The molecular formula is C10H17N3O. The smallest absolute Gasteiger partial charge is 0.0951 e. The number of imidazole rings is 1. The van der Waals surface area contributed by atoms with Gasteiger partial charge in [0.25, 0.3) is 0 Å². The highest BCUT2D eigenvalue weighted by atomic mass is 16.3. The van der Waals surface area contributed by atoms with Gasteiger partial charge in [-0.3, -0.25) is 0 Å². The van der Waals surface area contributed by atoms with Crippen LogP contribution in [-0.4, -0.2) is 21.3 Å². The first kappa shape index (κ1) is 9.68. The van der Waals surface area contributed by atoms with Crippen molar-refractivity contribution in [3.63, 3.8) is 0 Å². The lowest BCUT2D eigenvalue weighted by atomic mass is 9.81. The molecule has 1 aliphatic rings. The predicted molar refractivity (Wildman–Crippen MR) is 53.7 cm³/mol. The molecule has 0 bridgehead atoms. The molecule has 1 fully saturated rings. The lowest BCUT2D eigenvalue weighted by Gasteiger charge is -2.35. The van der Waals surface area contributed by atoms with Crippen LogP contribution < -0.4 is 5.73 Å². The summed E-state index contributed by atoms with van der Waals surface area (Å²) in [7, 11) is 0. The fourth-order valence-corrected chi connectivity index (χ4v) is 2.09. The molecule has 78 valence electrons. The maximum absolute atomic E-state index is 8.99. The minimum atomic E-state index is -0.298. The van der Waals surface area contributed by atoms with Gasteiger partial charge in [-0.1, -0.05) is 6.92 Å². The molecule has 0 saturated heterocycles. The van der Waals surface area contributed by atoms with Crippen LogP contribution in [0, 0.1) is 5.92 Å². The fourth-order valence-electron chi connectivity index (χ4n) is 2.09. The van der Waals surface area contributed by atoms with E-state index >= 15 is 0 Å². The van der Waals surface area contributed by atoms with Crippen molar-refractivity contribution >= 4 is 0 Å². The van der Waals surface area contributed by atoms with Gasteiger partial charge >= 0.3 is 0 Å². The van der Waals surface area contributed by atoms with Crippen molar-refractivity contribution in [2.24, 2.45) is 11.7 Å². The molecule has 0 amide bonds. The van der Waals surface area contributed by atoms with Gasteiger partial charge in [0, 0.05) is 12.2 Å². The largest absolute Gasteiger partial charge is 0.394 e. The summed E-state index contributed by atoms with van der Waals surface area (Å²) in [6.45, 7) is 2.23. The Balaban J connectivity index is 2.13. The summed E-state index contributed by atoms with van der Waals surface area (Å²) >= 11 is 0. The van der Waals surface area contributed by atoms with Gasteiger partial charge in [0.2, 0.25) is 0 Å². The van der Waals surface area contributed by atoms with Crippen LogP contribution in [0.15, 0.2) is 12.5 Å². The van der Waals surface area contributed by atoms with E-state index in [-0.39, 0.29) is 12.6 Å². The van der Waals surface area contributed by atoms with E-state index < -0.39 is 0 Å². The Labute approximate surface area is 83.8 Å². The van der Waals surface area contributed by atoms with Gasteiger partial charge in [0.1, 0.15) is 0 Å². The first-order chi connectivity index (χ1) is 6.72. The van der Waals surface area contributed by atoms with Gasteiger partial charge in [-0.05, 0) is 18.8 Å². The van der Waals surface area contributed by atoms with Gasteiger partial charge in [-0.15, -0.1) is 0 Å². The molecule has 0 spiro atoms. The quantitative estimate of drug-likeness (QED) is 0.751. The molecule has 0 aromatic carbocycles. The molecule has 1 unspecified atom stereocenters. The van der Waals surface area contributed by atoms with E-state index in [0.29, 0.717) is 6.04 Å². The summed E-state index contributed by atoms with van der Waals surface area (Å²) < 4.78 is 2.11. The summed E-state index contributed by atoms with van der Waals surface area (Å²) in [5, 5.41) is 8.99. The summed E-state index contributed by atoms with van der Waals surface area (Å²) in [6, 6.07) is 0.244. The van der Waals surface area contributed by atoms with Gasteiger partial charge < -0.3 is 15.4 Å². The zero-order valence-electron chi connectivity index (χ0n) is 8.43. The average molecular weight is 195 g/mol. The van der Waals surface area contributed by atoms with Gasteiger partial charge in [-0.25, -0.2) is 4.98 Å². The second kappa shape index (κ2) is 3.71. The average Bonchev–Trinajstić information content (AvgIpc) is 2.59. The van der Waals surface area contributed by atoms with Crippen LogP contribution >= 0.6 is 0 Å². The second-order valence-electron chi connectivity index (χ2n) is 4.25. The van der Waals surface area contributed by atoms with E-state index in [0.717, 1.165) is 11.6 Å². The Morgan fingerprint density at radius 1 is 1.71 bits per heavy atom. The van der Waals surface area contributed by atoms with Crippen LogP contribution in [-0.2, 0) is 0 Å². The number of nitrogens with zero attached hydrogens (tertiary/aromatic N) is 2. The lowest BCUT2D eigenvalue weighted by molar-refractivity contribution is 0.202. The summed E-state index contributed by atoms with van der Waals surface area (Å²) in [6.07, 6.45) is 5.97. The molecule has 1 saturated carbocycles. The highest BCUT2D eigenvalue weighted by Gasteiger charge is 2.28. The van der Waals surface area contributed by atoms with Crippen molar-refractivity contribution in [3.05, 3.63) is 18.2 Å². The third-order valence-electron chi connectivity index (χ3n) is 3.01. The molecule has 0 aliphatic heterocycles. The zero-order valence-corrected chi connectivity index (χ0v) is 8.43. The lowest BCUT2D eigenvalue weighted by Crippen LogP contribution is -2.28. The summed E-state index contributed by atoms with van der Waals surface area (Å²) in [5.41, 5.74) is 6.73. The van der Waals surface area contributed by atoms with Crippen molar-refractivity contribution in [2.45, 2.75) is 31.8 Å². The van der Waals surface area contributed by atoms with E-state index in [1.165, 1.54) is 12.8 Å². The van der Waals surface area contributed by atoms with Crippen LogP contribution in [0.4, 0.5) is 0 Å². The number of hydrogen-bond donors (Lipinski definition) is 2. The Morgan fingerprint density at radius 3 is 3.00 bits per heavy atom. The monoisotopic (exact) mass is 195 g/mol. The minimum Gasteiger partial charge on any atom is -0.394 e. The Kier molecular flexibility index (Phi) is 2.56. The van der Waals surface area contributed by atoms with E-state index in [9.17, 15) is 0 Å². The van der Waals surface area contributed by atoms with E-state index in [1.54, 1.807) is 6.20 Å². The Hall–Kier alpha value is -0.870. The molecule has 2 rings (SSSR count). The number of aromatic nitrogens is 2. The minimum absolute atomic E-state index is 0.0199. The Bertz CT molecular complexity index is 304. The van der Waals surface area contributed by atoms with Gasteiger partial charge in [0.15, 0.2) is 0 Å². The van der Waals surface area contributed by atoms with Gasteiger partial charge in [-0.2, -0.15) is 0 Å². The molecule has 4 nitrogen and oxygen atoms in total. The normalized spacial score (nSPS) is 28.5. The SMILES string of the molecule is CC1CC(n2cncc2C(N)CO)C1. The third-order valence-corrected chi connectivity index (χ3v) is 3.01. The van der Waals surface area contributed by atoms with Crippen LogP contribution in [0.2, 0.25) is 0 Å². The number of aliphatic hydroxyl groups is 1. The molecule has 1 heterocycles. The van der Waals surface area contributed by atoms with Crippen molar-refractivity contribution in [1.29, 1.82) is 0 Å². The number of aliphatic hydroxyl groups excluding tert-OH is 1. The second-order valence-corrected chi connectivity index (χ2v) is 4.25.